The van der Waals surface area contributed by atoms with E-state index in [1.54, 1.807) is 30.3 Å². The zero-order valence-corrected chi connectivity index (χ0v) is 18.9. The van der Waals surface area contributed by atoms with Crippen LogP contribution in [0.5, 0.6) is 5.75 Å². The van der Waals surface area contributed by atoms with E-state index in [0.717, 1.165) is 33.5 Å². The number of nitrogens with one attached hydrogen (secondary N) is 1. The summed E-state index contributed by atoms with van der Waals surface area (Å²) < 4.78 is 6.31. The Labute approximate surface area is 196 Å². The standard InChI is InChI=1S/C25H20N2O3S2/c1-17-9-5-6-13-20(17)16-30-21-14-8-7-12-19(21)15-22-24(29)27(25(31)32-22)26-23(28)18-10-3-2-4-11-18/h2-15H,16H2,1H3,(H,26,28)/b22-15+. The third kappa shape index (κ3) is 4.90. The molecular weight excluding hydrogens is 440 g/mol. The third-order valence-corrected chi connectivity index (χ3v) is 6.20. The van der Waals surface area contributed by atoms with Gasteiger partial charge in [-0.1, -0.05) is 72.4 Å². The Morgan fingerprint density at radius 3 is 2.50 bits per heavy atom. The normalized spacial score (nSPS) is 14.7. The fourth-order valence-corrected chi connectivity index (χ4v) is 4.29. The zero-order chi connectivity index (χ0) is 22.5. The average Bonchev–Trinajstić information content (AvgIpc) is 3.07. The van der Waals surface area contributed by atoms with Gasteiger partial charge in [-0.2, -0.15) is 5.01 Å². The van der Waals surface area contributed by atoms with Gasteiger partial charge < -0.3 is 4.74 Å². The quantitative estimate of drug-likeness (QED) is 0.409. The summed E-state index contributed by atoms with van der Waals surface area (Å²) in [5.41, 5.74) is 6.04. The molecule has 32 heavy (non-hydrogen) atoms. The molecule has 5 nitrogen and oxygen atoms in total. The van der Waals surface area contributed by atoms with Crippen molar-refractivity contribution in [1.82, 2.24) is 10.4 Å². The molecule has 0 atom stereocenters. The van der Waals surface area contributed by atoms with E-state index in [1.807, 2.05) is 61.5 Å². The van der Waals surface area contributed by atoms with Crippen LogP contribution in [0.2, 0.25) is 0 Å². The number of hydrogen-bond acceptors (Lipinski definition) is 5. The summed E-state index contributed by atoms with van der Waals surface area (Å²) in [5.74, 6) is -0.113. The Morgan fingerprint density at radius 2 is 1.72 bits per heavy atom. The number of benzene rings is 3. The van der Waals surface area contributed by atoms with E-state index < -0.39 is 5.91 Å². The van der Waals surface area contributed by atoms with Gasteiger partial charge in [-0.25, -0.2) is 0 Å². The molecule has 1 N–H and O–H groups in total. The molecule has 0 bridgehead atoms. The summed E-state index contributed by atoms with van der Waals surface area (Å²) in [7, 11) is 0. The minimum atomic E-state index is -0.398. The summed E-state index contributed by atoms with van der Waals surface area (Å²) in [6, 6.07) is 24.2. The molecule has 0 saturated carbocycles. The van der Waals surface area contributed by atoms with Gasteiger partial charge in [-0.3, -0.25) is 15.0 Å². The lowest BCUT2D eigenvalue weighted by Crippen LogP contribution is -2.44. The smallest absolute Gasteiger partial charge is 0.285 e. The van der Waals surface area contributed by atoms with Crippen molar-refractivity contribution in [2.45, 2.75) is 13.5 Å². The van der Waals surface area contributed by atoms with Gasteiger partial charge in [0.15, 0.2) is 4.32 Å². The van der Waals surface area contributed by atoms with Gasteiger partial charge in [0.05, 0.1) is 4.91 Å². The average molecular weight is 461 g/mol. The number of rotatable bonds is 6. The molecule has 2 amide bonds. The molecule has 0 spiro atoms. The number of para-hydroxylation sites is 1. The fraction of sp³-hybridized carbons (Fsp3) is 0.0800. The number of thiocarbonyl (C=S) groups is 1. The van der Waals surface area contributed by atoms with Crippen LogP contribution in [0.4, 0.5) is 0 Å². The van der Waals surface area contributed by atoms with E-state index in [1.165, 1.54) is 0 Å². The lowest BCUT2D eigenvalue weighted by Gasteiger charge is -2.15. The monoisotopic (exact) mass is 460 g/mol. The number of hydrazine groups is 1. The summed E-state index contributed by atoms with van der Waals surface area (Å²) in [6.07, 6.45) is 1.74. The van der Waals surface area contributed by atoms with Crippen LogP contribution in [0.15, 0.2) is 83.8 Å². The van der Waals surface area contributed by atoms with E-state index in [-0.39, 0.29) is 10.2 Å². The molecule has 0 unspecified atom stereocenters. The molecule has 0 aromatic heterocycles. The van der Waals surface area contributed by atoms with Crippen molar-refractivity contribution >= 4 is 46.2 Å². The van der Waals surface area contributed by atoms with Crippen molar-refractivity contribution in [2.24, 2.45) is 0 Å². The molecule has 160 valence electrons. The number of carbonyl (C=O) groups excluding carboxylic acids is 2. The number of ether oxygens (including phenoxy) is 1. The van der Waals surface area contributed by atoms with E-state index in [9.17, 15) is 9.59 Å². The summed E-state index contributed by atoms with van der Waals surface area (Å²) in [4.78, 5) is 25.8. The molecule has 1 fully saturated rings. The fourth-order valence-electron chi connectivity index (χ4n) is 3.12. The second kappa shape index (κ2) is 9.80. The molecule has 3 aromatic carbocycles. The summed E-state index contributed by atoms with van der Waals surface area (Å²) in [5, 5.41) is 1.11. The van der Waals surface area contributed by atoms with Crippen molar-refractivity contribution in [3.8, 4) is 5.75 Å². The number of amides is 2. The van der Waals surface area contributed by atoms with Gasteiger partial charge in [0, 0.05) is 11.1 Å². The Bertz CT molecular complexity index is 1210. The van der Waals surface area contributed by atoms with Crippen molar-refractivity contribution in [3.63, 3.8) is 0 Å². The second-order valence-electron chi connectivity index (χ2n) is 7.08. The lowest BCUT2D eigenvalue weighted by atomic mass is 10.1. The largest absolute Gasteiger partial charge is 0.488 e. The Morgan fingerprint density at radius 1 is 1.03 bits per heavy atom. The predicted octanol–water partition coefficient (Wildman–Crippen LogP) is 5.12. The SMILES string of the molecule is Cc1ccccc1COc1ccccc1/C=C1/SC(=S)N(NC(=O)c2ccccc2)C1=O. The molecule has 1 saturated heterocycles. The highest BCUT2D eigenvalue weighted by atomic mass is 32.2. The van der Waals surface area contributed by atoms with Crippen LogP contribution in [0.3, 0.4) is 0 Å². The number of hydrogen-bond donors (Lipinski definition) is 1. The molecule has 1 aliphatic rings. The van der Waals surface area contributed by atoms with Crippen LogP contribution in [0.25, 0.3) is 6.08 Å². The first-order chi connectivity index (χ1) is 15.5. The van der Waals surface area contributed by atoms with Gasteiger partial charge in [-0.05, 0) is 54.5 Å². The van der Waals surface area contributed by atoms with Crippen LogP contribution >= 0.6 is 24.0 Å². The molecule has 0 radical (unpaired) electrons. The summed E-state index contributed by atoms with van der Waals surface area (Å²) in [6.45, 7) is 2.46. The molecule has 3 aromatic rings. The lowest BCUT2D eigenvalue weighted by molar-refractivity contribution is -0.123. The maximum Gasteiger partial charge on any atom is 0.285 e. The highest BCUT2D eigenvalue weighted by Crippen LogP contribution is 2.33. The van der Waals surface area contributed by atoms with Crippen LogP contribution in [0, 0.1) is 6.92 Å². The van der Waals surface area contributed by atoms with Crippen LogP contribution in [-0.2, 0) is 11.4 Å². The number of aryl methyl sites for hydroxylation is 1. The molecule has 1 aliphatic heterocycles. The Kier molecular flexibility index (Phi) is 6.68. The van der Waals surface area contributed by atoms with E-state index in [4.69, 9.17) is 17.0 Å². The highest BCUT2D eigenvalue weighted by molar-refractivity contribution is 8.26. The van der Waals surface area contributed by atoms with Gasteiger partial charge in [0.2, 0.25) is 0 Å². The van der Waals surface area contributed by atoms with Gasteiger partial charge in [0.25, 0.3) is 11.8 Å². The van der Waals surface area contributed by atoms with Crippen molar-refractivity contribution < 1.29 is 14.3 Å². The molecular formula is C25H20N2O3S2. The number of carbonyl (C=O) groups is 2. The van der Waals surface area contributed by atoms with Crippen molar-refractivity contribution in [1.29, 1.82) is 0 Å². The molecule has 1 heterocycles. The second-order valence-corrected chi connectivity index (χ2v) is 8.75. The minimum absolute atomic E-state index is 0.267. The number of thioether (sulfide) groups is 1. The van der Waals surface area contributed by atoms with E-state index >= 15 is 0 Å². The Hall–Kier alpha value is -3.42. The highest BCUT2D eigenvalue weighted by Gasteiger charge is 2.34. The van der Waals surface area contributed by atoms with Crippen LogP contribution in [0.1, 0.15) is 27.0 Å². The van der Waals surface area contributed by atoms with Gasteiger partial charge in [-0.15, -0.1) is 0 Å². The maximum atomic E-state index is 12.9. The number of nitrogens with zero attached hydrogens (tertiary/aromatic N) is 1. The molecule has 0 aliphatic carbocycles. The van der Waals surface area contributed by atoms with E-state index in [0.29, 0.717) is 22.8 Å². The van der Waals surface area contributed by atoms with Gasteiger partial charge in [0.1, 0.15) is 12.4 Å². The van der Waals surface area contributed by atoms with E-state index in [2.05, 4.69) is 5.43 Å². The predicted molar refractivity (Wildman–Crippen MR) is 131 cm³/mol. The first-order valence-corrected chi connectivity index (χ1v) is 11.2. The summed E-state index contributed by atoms with van der Waals surface area (Å²) >= 11 is 6.46. The topological polar surface area (TPSA) is 58.6 Å². The van der Waals surface area contributed by atoms with Crippen molar-refractivity contribution in [2.75, 3.05) is 0 Å². The van der Waals surface area contributed by atoms with Crippen LogP contribution in [-0.4, -0.2) is 21.1 Å². The third-order valence-electron chi connectivity index (χ3n) is 4.89. The van der Waals surface area contributed by atoms with Crippen LogP contribution < -0.4 is 10.2 Å². The Balaban J connectivity index is 1.50. The van der Waals surface area contributed by atoms with Crippen molar-refractivity contribution in [3.05, 3.63) is 106 Å². The first kappa shape index (κ1) is 21.8. The zero-order valence-electron chi connectivity index (χ0n) is 17.3. The first-order valence-electron chi connectivity index (χ1n) is 9.93. The minimum Gasteiger partial charge on any atom is -0.488 e. The van der Waals surface area contributed by atoms with Gasteiger partial charge >= 0.3 is 0 Å². The maximum absolute atomic E-state index is 12.9. The molecule has 4 rings (SSSR count). The molecule has 7 heteroatoms.